The summed E-state index contributed by atoms with van der Waals surface area (Å²) in [5.74, 6) is -12.8. The lowest BCUT2D eigenvalue weighted by molar-refractivity contribution is -0.145. The molecule has 23 heteroatoms. The van der Waals surface area contributed by atoms with Crippen molar-refractivity contribution in [3.05, 3.63) is 0 Å². The van der Waals surface area contributed by atoms with Crippen molar-refractivity contribution in [1.29, 1.82) is 0 Å². The number of hydrogen-bond acceptors (Lipinski definition) is 13. The van der Waals surface area contributed by atoms with Crippen LogP contribution in [0.15, 0.2) is 0 Å². The number of carbonyl (C=O) groups is 10. The van der Waals surface area contributed by atoms with Crippen molar-refractivity contribution >= 4 is 71.8 Å². The Morgan fingerprint density at radius 2 is 0.721 bits per heavy atom. The maximum atomic E-state index is 14.0. The Morgan fingerprint density at radius 1 is 0.426 bits per heavy atom. The number of nitrogens with one attached hydrogen (secondary N) is 8. The van der Waals surface area contributed by atoms with Crippen LogP contribution in [0.25, 0.3) is 0 Å². The lowest BCUT2D eigenvalue weighted by atomic mass is 9.94. The lowest BCUT2D eigenvalue weighted by Gasteiger charge is -2.31. The molecule has 0 radical (unpaired) electrons. The number of aliphatic carboxylic acids is 2. The summed E-state index contributed by atoms with van der Waals surface area (Å²) in [5, 5.41) is 49.3. The van der Waals surface area contributed by atoms with Gasteiger partial charge in [-0.2, -0.15) is 12.6 Å². The van der Waals surface area contributed by atoms with Crippen LogP contribution in [0.5, 0.6) is 0 Å². The van der Waals surface area contributed by atoms with Gasteiger partial charge < -0.3 is 63.6 Å². The quantitative estimate of drug-likeness (QED) is 0.0392. The first kappa shape index (κ1) is 63.0. The molecule has 14 atom stereocenters. The van der Waals surface area contributed by atoms with Gasteiger partial charge in [-0.15, -0.1) is 0 Å². The van der Waals surface area contributed by atoms with E-state index in [0.29, 0.717) is 25.7 Å². The Kier molecular flexibility index (Phi) is 28.2. The highest BCUT2D eigenvalue weighted by atomic mass is 32.1. The number of amides is 8. The van der Waals surface area contributed by atoms with E-state index < -0.39 is 156 Å². The second-order valence-corrected chi connectivity index (χ2v) is 18.8. The van der Waals surface area contributed by atoms with Crippen molar-refractivity contribution in [2.45, 2.75) is 183 Å². The molecule has 0 rings (SSSR count). The zero-order valence-corrected chi connectivity index (χ0v) is 42.8. The summed E-state index contributed by atoms with van der Waals surface area (Å²) >= 11 is 4.20. The number of carboxylic acids is 2. The van der Waals surface area contributed by atoms with Crippen LogP contribution < -0.4 is 48.3 Å². The number of carbonyl (C=O) groups excluding carboxylic acids is 8. The van der Waals surface area contributed by atoms with E-state index in [4.69, 9.17) is 5.73 Å². The molecule has 0 aliphatic rings. The van der Waals surface area contributed by atoms with Gasteiger partial charge in [-0.1, -0.05) is 109 Å². The number of carboxylic acid groups (broad SMARTS) is 2. The molecule has 22 nitrogen and oxygen atoms in total. The van der Waals surface area contributed by atoms with Gasteiger partial charge in [0.2, 0.25) is 47.3 Å². The molecule has 0 aliphatic carbocycles. The smallest absolute Gasteiger partial charge is 0.328 e. The van der Waals surface area contributed by atoms with E-state index in [9.17, 15) is 63.3 Å². The fourth-order valence-corrected chi connectivity index (χ4v) is 6.92. The predicted molar refractivity (Wildman–Crippen MR) is 256 cm³/mol. The second-order valence-electron chi connectivity index (χ2n) is 18.5. The summed E-state index contributed by atoms with van der Waals surface area (Å²) in [7, 11) is 0. The maximum absolute atomic E-state index is 14.0. The molecule has 0 unspecified atom stereocenters. The molecule has 0 spiro atoms. The number of hydrogen-bond donors (Lipinski definition) is 13. The number of aliphatic hydroxyl groups excluding tert-OH is 1. The molecule has 68 heavy (non-hydrogen) atoms. The predicted octanol–water partition coefficient (Wildman–Crippen LogP) is -0.442. The fourth-order valence-electron chi connectivity index (χ4n) is 6.66. The molecule has 0 aliphatic heterocycles. The Hall–Kier alpha value is -5.03. The minimum atomic E-state index is -1.78. The van der Waals surface area contributed by atoms with Gasteiger partial charge in [-0.25, -0.2) is 4.79 Å². The minimum Gasteiger partial charge on any atom is -0.481 e. The Bertz CT molecular complexity index is 1740. The fraction of sp³-hybridized carbons (Fsp3) is 0.778. The molecule has 0 aromatic carbocycles. The zero-order chi connectivity index (χ0) is 52.9. The van der Waals surface area contributed by atoms with E-state index in [-0.39, 0.29) is 11.7 Å². The monoisotopic (exact) mass is 988 g/mol. The van der Waals surface area contributed by atoms with Gasteiger partial charge in [-0.05, 0) is 42.4 Å². The normalized spacial score (nSPS) is 17.6. The highest BCUT2D eigenvalue weighted by Gasteiger charge is 2.39. The average molecular weight is 988 g/mol. The summed E-state index contributed by atoms with van der Waals surface area (Å²) in [6, 6.07) is -12.1. The van der Waals surface area contributed by atoms with Gasteiger partial charge in [0.05, 0.1) is 18.6 Å². The third kappa shape index (κ3) is 19.9. The minimum absolute atomic E-state index is 0.166. The largest absolute Gasteiger partial charge is 0.481 e. The van der Waals surface area contributed by atoms with Gasteiger partial charge in [0.1, 0.15) is 42.3 Å². The zero-order valence-electron chi connectivity index (χ0n) is 41.9. The van der Waals surface area contributed by atoms with E-state index in [1.54, 1.807) is 69.2 Å². The molecule has 0 fully saturated rings. The van der Waals surface area contributed by atoms with E-state index in [1.807, 2.05) is 13.8 Å². The Labute approximate surface area is 406 Å². The van der Waals surface area contributed by atoms with Gasteiger partial charge in [-0.3, -0.25) is 43.2 Å². The first-order valence-corrected chi connectivity index (χ1v) is 24.1. The summed E-state index contributed by atoms with van der Waals surface area (Å²) in [4.78, 5) is 133. The third-order valence-corrected chi connectivity index (χ3v) is 12.7. The van der Waals surface area contributed by atoms with E-state index >= 15 is 0 Å². The Balaban J connectivity index is 6.48. The molecule has 390 valence electrons. The van der Waals surface area contributed by atoms with Gasteiger partial charge in [0.25, 0.3) is 0 Å². The van der Waals surface area contributed by atoms with Gasteiger partial charge >= 0.3 is 11.9 Å². The van der Waals surface area contributed by atoms with E-state index in [1.165, 1.54) is 6.92 Å². The van der Waals surface area contributed by atoms with E-state index in [2.05, 4.69) is 55.2 Å². The van der Waals surface area contributed by atoms with Crippen molar-refractivity contribution in [2.75, 3.05) is 5.75 Å². The number of aliphatic hydroxyl groups is 1. The standard InChI is InChI=1S/C45H81N9O13S/c1-14-22(9)30(46)39(60)49-32(21(7)8)41(62)53-35(25(12)17-4)43(64)50-31(20(5)6)40(61)47-27(18-29(56)57)37(58)51-33(23(10)15-2)42(63)48-28(19-68)38(59)52-34(24(11)16-3)44(65)54-36(26(13)55)45(66)67/h20-28,30-36,55,68H,14-19,46H2,1-13H3,(H,47,61)(H,48,63)(H,49,60)(H,50,64)(H,51,58)(H,52,59)(H,53,62)(H,54,65)(H,56,57)(H,66,67)/t22-,23-,24-,25-,26+,27-,28-,30-,31-,32-,33-,34-,35-,36-/m0/s1. The van der Waals surface area contributed by atoms with Crippen LogP contribution >= 0.6 is 12.6 Å². The third-order valence-electron chi connectivity index (χ3n) is 12.3. The molecule has 0 aromatic heterocycles. The van der Waals surface area contributed by atoms with Crippen LogP contribution in [0.3, 0.4) is 0 Å². The molecule has 0 saturated carbocycles. The Morgan fingerprint density at radius 3 is 1.06 bits per heavy atom. The van der Waals surface area contributed by atoms with Crippen molar-refractivity contribution in [3.63, 3.8) is 0 Å². The van der Waals surface area contributed by atoms with Gasteiger partial charge in [0, 0.05) is 5.75 Å². The van der Waals surface area contributed by atoms with Crippen LogP contribution in [0.4, 0.5) is 0 Å². The van der Waals surface area contributed by atoms with Crippen LogP contribution in [-0.2, 0) is 47.9 Å². The summed E-state index contributed by atoms with van der Waals surface area (Å²) in [6.45, 7) is 21.6. The molecule has 0 heterocycles. The maximum Gasteiger partial charge on any atom is 0.328 e. The van der Waals surface area contributed by atoms with E-state index in [0.717, 1.165) is 0 Å². The van der Waals surface area contributed by atoms with Gasteiger partial charge in [0.15, 0.2) is 6.04 Å². The first-order valence-electron chi connectivity index (χ1n) is 23.5. The van der Waals surface area contributed by atoms with Crippen molar-refractivity contribution in [1.82, 2.24) is 42.5 Å². The topological polar surface area (TPSA) is 354 Å². The SMILES string of the molecule is CC[C@H](C)[C@H](N)C(=O)N[C@H](C(=O)N[C@H](C(=O)N[C@H](C(=O)N[C@@H](CC(=O)O)C(=O)N[C@H](C(=O)N[C@@H](CS)C(=O)N[C@H](C(=O)N[C@H](C(=O)O)[C@@H](C)O)[C@@H](C)CC)[C@@H](C)CC)C(C)C)[C@@H](C)CC)C(C)C. The van der Waals surface area contributed by atoms with Crippen molar-refractivity contribution in [2.24, 2.45) is 41.2 Å². The summed E-state index contributed by atoms with van der Waals surface area (Å²) in [5.41, 5.74) is 6.11. The molecular formula is C45H81N9O13S. The van der Waals surface area contributed by atoms with Crippen LogP contribution in [-0.4, -0.2) is 141 Å². The highest BCUT2D eigenvalue weighted by Crippen LogP contribution is 2.15. The first-order chi connectivity index (χ1) is 31.5. The molecule has 0 saturated heterocycles. The molecule has 13 N–H and O–H groups in total. The molecule has 8 amide bonds. The average Bonchev–Trinajstić information content (AvgIpc) is 3.27. The van der Waals surface area contributed by atoms with Crippen molar-refractivity contribution in [3.8, 4) is 0 Å². The number of thiol groups is 1. The molecule has 0 aromatic rings. The second kappa shape index (κ2) is 30.5. The summed E-state index contributed by atoms with van der Waals surface area (Å²) < 4.78 is 0. The highest BCUT2D eigenvalue weighted by molar-refractivity contribution is 7.80. The number of nitrogens with two attached hydrogens (primary N) is 1. The van der Waals surface area contributed by atoms with Crippen LogP contribution in [0.2, 0.25) is 0 Å². The summed E-state index contributed by atoms with van der Waals surface area (Å²) in [6.07, 6.45) is -0.726. The van der Waals surface area contributed by atoms with Crippen molar-refractivity contribution < 1.29 is 63.3 Å². The van der Waals surface area contributed by atoms with Crippen LogP contribution in [0, 0.1) is 35.5 Å². The molecule has 0 bridgehead atoms. The lowest BCUT2D eigenvalue weighted by Crippen LogP contribution is -2.63. The van der Waals surface area contributed by atoms with Crippen LogP contribution in [0.1, 0.15) is 122 Å². The number of rotatable bonds is 31. The molecular weight excluding hydrogens is 907 g/mol.